The van der Waals surface area contributed by atoms with Gasteiger partial charge in [-0.25, -0.2) is 0 Å². The van der Waals surface area contributed by atoms with E-state index in [9.17, 15) is 0 Å². The van der Waals surface area contributed by atoms with Crippen LogP contribution >= 0.6 is 15.9 Å². The van der Waals surface area contributed by atoms with Crippen molar-refractivity contribution in [3.05, 3.63) is 57.6 Å². The molecule has 0 N–H and O–H groups in total. The third-order valence-electron chi connectivity index (χ3n) is 3.01. The van der Waals surface area contributed by atoms with Crippen LogP contribution in [0.1, 0.15) is 16.7 Å². The summed E-state index contributed by atoms with van der Waals surface area (Å²) in [6.45, 7) is 4.67. The van der Waals surface area contributed by atoms with E-state index in [-0.39, 0.29) is 0 Å². The fraction of sp³-hybridized carbons (Fsp3) is 0.250. The third-order valence-corrected chi connectivity index (χ3v) is 3.63. The highest BCUT2D eigenvalue weighted by Crippen LogP contribution is 2.27. The molecule has 0 spiro atoms. The number of hydrogen-bond donors (Lipinski definition) is 0. The first-order valence-corrected chi connectivity index (χ1v) is 6.92. The van der Waals surface area contributed by atoms with E-state index in [2.05, 4.69) is 41.9 Å². The molecule has 2 aromatic rings. The molecule has 0 heterocycles. The number of para-hydroxylation sites is 1. The molecule has 0 atom stereocenters. The van der Waals surface area contributed by atoms with Gasteiger partial charge in [0.1, 0.15) is 18.1 Å². The topological polar surface area (TPSA) is 18.5 Å². The Morgan fingerprint density at radius 1 is 1.05 bits per heavy atom. The van der Waals surface area contributed by atoms with Gasteiger partial charge in [0.05, 0.1) is 11.6 Å². The average Bonchev–Trinajstić information content (AvgIpc) is 2.38. The standard InChI is InChI=1S/C16H17BrO2/c1-11-5-4-6-12(2)16(11)19-10-13-7-8-15(18-3)14(17)9-13/h4-9H,10H2,1-3H3. The van der Waals surface area contributed by atoms with Crippen LogP contribution in [0.4, 0.5) is 0 Å². The number of hydrogen-bond acceptors (Lipinski definition) is 2. The first kappa shape index (κ1) is 13.9. The van der Waals surface area contributed by atoms with Crippen LogP contribution in [0.2, 0.25) is 0 Å². The molecule has 0 saturated heterocycles. The Morgan fingerprint density at radius 3 is 2.32 bits per heavy atom. The molecule has 0 aliphatic heterocycles. The van der Waals surface area contributed by atoms with Crippen molar-refractivity contribution in [2.45, 2.75) is 20.5 Å². The van der Waals surface area contributed by atoms with E-state index in [4.69, 9.17) is 9.47 Å². The first-order chi connectivity index (χ1) is 9.11. The highest BCUT2D eigenvalue weighted by Gasteiger charge is 2.05. The molecule has 0 amide bonds. The van der Waals surface area contributed by atoms with Crippen LogP contribution in [0.15, 0.2) is 40.9 Å². The third kappa shape index (κ3) is 3.29. The van der Waals surface area contributed by atoms with Gasteiger partial charge in [0.2, 0.25) is 0 Å². The summed E-state index contributed by atoms with van der Waals surface area (Å²) in [5, 5.41) is 0. The smallest absolute Gasteiger partial charge is 0.133 e. The minimum absolute atomic E-state index is 0.550. The molecular weight excluding hydrogens is 304 g/mol. The number of benzene rings is 2. The monoisotopic (exact) mass is 320 g/mol. The van der Waals surface area contributed by atoms with E-state index in [1.807, 2.05) is 24.3 Å². The highest BCUT2D eigenvalue weighted by atomic mass is 79.9. The van der Waals surface area contributed by atoms with Crippen LogP contribution in [-0.4, -0.2) is 7.11 Å². The van der Waals surface area contributed by atoms with E-state index < -0.39 is 0 Å². The molecule has 0 bridgehead atoms. The van der Waals surface area contributed by atoms with Crippen LogP contribution < -0.4 is 9.47 Å². The summed E-state index contributed by atoms with van der Waals surface area (Å²) >= 11 is 3.48. The van der Waals surface area contributed by atoms with Crippen molar-refractivity contribution < 1.29 is 9.47 Å². The Labute approximate surface area is 122 Å². The van der Waals surface area contributed by atoms with Crippen molar-refractivity contribution in [3.63, 3.8) is 0 Å². The lowest BCUT2D eigenvalue weighted by Crippen LogP contribution is -1.99. The molecule has 0 aromatic heterocycles. The largest absolute Gasteiger partial charge is 0.496 e. The minimum atomic E-state index is 0.550. The maximum Gasteiger partial charge on any atom is 0.133 e. The Morgan fingerprint density at radius 2 is 1.74 bits per heavy atom. The molecule has 3 heteroatoms. The number of aryl methyl sites for hydroxylation is 2. The van der Waals surface area contributed by atoms with Crippen molar-refractivity contribution in [3.8, 4) is 11.5 Å². The van der Waals surface area contributed by atoms with E-state index >= 15 is 0 Å². The zero-order chi connectivity index (χ0) is 13.8. The fourth-order valence-corrected chi connectivity index (χ4v) is 2.57. The van der Waals surface area contributed by atoms with Gasteiger partial charge in [-0.1, -0.05) is 24.3 Å². The molecule has 0 radical (unpaired) electrons. The van der Waals surface area contributed by atoms with Crippen LogP contribution in [0, 0.1) is 13.8 Å². The SMILES string of the molecule is COc1ccc(COc2c(C)cccc2C)cc1Br. The Balaban J connectivity index is 2.13. The van der Waals surface area contributed by atoms with Gasteiger partial charge in [0.25, 0.3) is 0 Å². The fourth-order valence-electron chi connectivity index (χ4n) is 1.98. The molecule has 0 saturated carbocycles. The van der Waals surface area contributed by atoms with E-state index in [0.29, 0.717) is 6.61 Å². The highest BCUT2D eigenvalue weighted by molar-refractivity contribution is 9.10. The van der Waals surface area contributed by atoms with Crippen molar-refractivity contribution in [1.29, 1.82) is 0 Å². The summed E-state index contributed by atoms with van der Waals surface area (Å²) < 4.78 is 12.1. The van der Waals surface area contributed by atoms with Gasteiger partial charge in [-0.05, 0) is 58.6 Å². The predicted molar refractivity (Wildman–Crippen MR) is 80.9 cm³/mol. The lowest BCUT2D eigenvalue weighted by atomic mass is 10.1. The molecule has 2 aromatic carbocycles. The maximum atomic E-state index is 5.92. The average molecular weight is 321 g/mol. The second-order valence-electron chi connectivity index (χ2n) is 4.48. The summed E-state index contributed by atoms with van der Waals surface area (Å²) in [5.74, 6) is 1.80. The molecule has 2 rings (SSSR count). The van der Waals surface area contributed by atoms with Gasteiger partial charge in [-0.3, -0.25) is 0 Å². The molecule has 0 aliphatic carbocycles. The van der Waals surface area contributed by atoms with Gasteiger partial charge in [-0.15, -0.1) is 0 Å². The molecule has 0 aliphatic rings. The van der Waals surface area contributed by atoms with Gasteiger partial charge in [-0.2, -0.15) is 0 Å². The van der Waals surface area contributed by atoms with Gasteiger partial charge in [0.15, 0.2) is 0 Å². The zero-order valence-corrected chi connectivity index (χ0v) is 13.0. The van der Waals surface area contributed by atoms with E-state index in [1.54, 1.807) is 7.11 Å². The number of halogens is 1. The Bertz CT molecular complexity index is 559. The summed E-state index contributed by atoms with van der Waals surface area (Å²) in [4.78, 5) is 0. The molecule has 0 unspecified atom stereocenters. The maximum absolute atomic E-state index is 5.92. The minimum Gasteiger partial charge on any atom is -0.496 e. The summed E-state index contributed by atoms with van der Waals surface area (Å²) in [6, 6.07) is 12.1. The second kappa shape index (κ2) is 6.11. The lowest BCUT2D eigenvalue weighted by Gasteiger charge is -2.12. The van der Waals surface area contributed by atoms with Crippen LogP contribution in [0.25, 0.3) is 0 Å². The number of ether oxygens (including phenoxy) is 2. The first-order valence-electron chi connectivity index (χ1n) is 6.13. The molecule has 0 fully saturated rings. The van der Waals surface area contributed by atoms with Crippen molar-refractivity contribution in [2.24, 2.45) is 0 Å². The zero-order valence-electron chi connectivity index (χ0n) is 11.4. The predicted octanol–water partition coefficient (Wildman–Crippen LogP) is 4.65. The van der Waals surface area contributed by atoms with Crippen LogP contribution in [-0.2, 0) is 6.61 Å². The van der Waals surface area contributed by atoms with Gasteiger partial charge < -0.3 is 9.47 Å². The summed E-state index contributed by atoms with van der Waals surface area (Å²) in [5.41, 5.74) is 3.43. The van der Waals surface area contributed by atoms with Crippen molar-refractivity contribution in [1.82, 2.24) is 0 Å². The lowest BCUT2D eigenvalue weighted by molar-refractivity contribution is 0.301. The quantitative estimate of drug-likeness (QED) is 0.816. The molecule has 2 nitrogen and oxygen atoms in total. The van der Waals surface area contributed by atoms with Crippen molar-refractivity contribution >= 4 is 15.9 Å². The van der Waals surface area contributed by atoms with E-state index in [0.717, 1.165) is 32.7 Å². The van der Waals surface area contributed by atoms with Crippen LogP contribution in [0.5, 0.6) is 11.5 Å². The van der Waals surface area contributed by atoms with Gasteiger partial charge in [0, 0.05) is 0 Å². The van der Waals surface area contributed by atoms with Crippen LogP contribution in [0.3, 0.4) is 0 Å². The number of methoxy groups -OCH3 is 1. The molecular formula is C16H17BrO2. The number of rotatable bonds is 4. The summed E-state index contributed by atoms with van der Waals surface area (Å²) in [7, 11) is 1.66. The van der Waals surface area contributed by atoms with Crippen molar-refractivity contribution in [2.75, 3.05) is 7.11 Å². The Hall–Kier alpha value is -1.48. The molecule has 100 valence electrons. The van der Waals surface area contributed by atoms with E-state index in [1.165, 1.54) is 0 Å². The normalized spacial score (nSPS) is 10.3. The molecule has 19 heavy (non-hydrogen) atoms. The summed E-state index contributed by atoms with van der Waals surface area (Å²) in [6.07, 6.45) is 0. The Kier molecular flexibility index (Phi) is 4.48. The van der Waals surface area contributed by atoms with Gasteiger partial charge >= 0.3 is 0 Å². The second-order valence-corrected chi connectivity index (χ2v) is 5.33.